The Hall–Kier alpha value is -9.06. The summed E-state index contributed by atoms with van der Waals surface area (Å²) in [6, 6.07) is 54.7. The number of likely N-dealkylation sites (N-methyl/N-ethyl adjacent to an activating group) is 2. The molecule has 0 saturated carbocycles. The van der Waals surface area contributed by atoms with E-state index in [2.05, 4.69) is 64.4 Å². The van der Waals surface area contributed by atoms with Crippen LogP contribution in [0.1, 0.15) is 81.0 Å². The molecule has 12 rings (SSSR count). The number of aromatic hydroxyl groups is 3. The van der Waals surface area contributed by atoms with Crippen molar-refractivity contribution in [1.29, 1.82) is 0 Å². The van der Waals surface area contributed by atoms with Gasteiger partial charge in [0.15, 0.2) is 0 Å². The van der Waals surface area contributed by atoms with Crippen molar-refractivity contribution in [3.05, 3.63) is 281 Å². The van der Waals surface area contributed by atoms with Crippen LogP contribution in [-0.4, -0.2) is 82.4 Å². The number of fused-ring (bicyclic) bond motifs is 3. The third-order valence-electron chi connectivity index (χ3n) is 15.6. The third kappa shape index (κ3) is 15.2. The summed E-state index contributed by atoms with van der Waals surface area (Å²) in [5.74, 6) is 0.191. The SMILES string of the molecule is CC(C)c1ccc(CC2N=C(c3ccc(O)cc3)c3cc(Cl)ccc3N(C)C2=O)cc1.CN1C(=O)C(Cc2ccccc2C(F)(F)F)N=C(c2ccc(O)cc2)c2cc(Cl)ccc21.O=C1Nc2ccc(Cl)cc2C(c2ccc(O)cc2)=NC1Cc1ccccc1Br. The van der Waals surface area contributed by atoms with E-state index in [0.29, 0.717) is 73.5 Å². The van der Waals surface area contributed by atoms with Crippen LogP contribution in [0, 0.1) is 0 Å². The number of carbonyl (C=O) groups is 3. The molecule has 0 aromatic heterocycles. The molecule has 3 aliphatic heterocycles. The second kappa shape index (κ2) is 28.0. The van der Waals surface area contributed by atoms with Gasteiger partial charge < -0.3 is 30.4 Å². The molecule has 4 N–H and O–H groups in total. The molecule has 0 bridgehead atoms. The summed E-state index contributed by atoms with van der Waals surface area (Å²) in [5.41, 5.74) is 10.6. The van der Waals surface area contributed by atoms with Gasteiger partial charge in [-0.2, -0.15) is 13.2 Å². The van der Waals surface area contributed by atoms with Crippen molar-refractivity contribution in [2.45, 2.75) is 63.3 Å². The van der Waals surface area contributed by atoms with Crippen molar-refractivity contribution in [1.82, 2.24) is 0 Å². The van der Waals surface area contributed by atoms with Crippen molar-refractivity contribution in [3.8, 4) is 17.2 Å². The van der Waals surface area contributed by atoms with Crippen LogP contribution in [0.3, 0.4) is 0 Å². The van der Waals surface area contributed by atoms with Crippen LogP contribution < -0.4 is 15.1 Å². The minimum absolute atomic E-state index is 0.00968. The fourth-order valence-electron chi connectivity index (χ4n) is 10.8. The predicted octanol–water partition coefficient (Wildman–Crippen LogP) is 16.3. The Balaban J connectivity index is 0.000000150. The van der Waals surface area contributed by atoms with Crippen LogP contribution in [0.15, 0.2) is 220 Å². The number of amides is 3. The summed E-state index contributed by atoms with van der Waals surface area (Å²) in [7, 11) is 3.34. The summed E-state index contributed by atoms with van der Waals surface area (Å²) in [5, 5.41) is 33.6. The quantitative estimate of drug-likeness (QED) is 0.106. The molecule has 3 amide bonds. The van der Waals surface area contributed by atoms with E-state index in [1.807, 2.05) is 48.5 Å². The molecular weight excluding hydrogens is 1290 g/mol. The first-order chi connectivity index (χ1) is 43.5. The van der Waals surface area contributed by atoms with Crippen LogP contribution in [0.2, 0.25) is 15.1 Å². The number of hydrogen-bond acceptors (Lipinski definition) is 9. The first-order valence-electron chi connectivity index (χ1n) is 28.8. The van der Waals surface area contributed by atoms with Crippen molar-refractivity contribution in [2.24, 2.45) is 15.0 Å². The number of phenols is 3. The number of anilines is 3. The number of hydrogen-bond donors (Lipinski definition) is 4. The van der Waals surface area contributed by atoms with E-state index in [-0.39, 0.29) is 41.0 Å². The zero-order valence-corrected chi connectivity index (χ0v) is 53.3. The van der Waals surface area contributed by atoms with Gasteiger partial charge in [0.25, 0.3) is 11.8 Å². The van der Waals surface area contributed by atoms with Crippen LogP contribution in [0.5, 0.6) is 17.2 Å². The van der Waals surface area contributed by atoms with Crippen molar-refractivity contribution in [3.63, 3.8) is 0 Å². The number of benzene rings is 9. The number of carbonyl (C=O) groups excluding carboxylic acids is 3. The minimum Gasteiger partial charge on any atom is -0.508 e. The van der Waals surface area contributed by atoms with Gasteiger partial charge in [0.1, 0.15) is 35.4 Å². The minimum atomic E-state index is -4.55. The molecule has 3 aliphatic rings. The van der Waals surface area contributed by atoms with E-state index in [9.17, 15) is 42.9 Å². The summed E-state index contributed by atoms with van der Waals surface area (Å²) in [4.78, 5) is 56.9. The number of aliphatic imine (C=N–C) groups is 3. The first kappa shape index (κ1) is 64.9. The van der Waals surface area contributed by atoms with E-state index in [0.717, 1.165) is 49.6 Å². The molecule has 0 saturated heterocycles. The Morgan fingerprint density at radius 1 is 0.505 bits per heavy atom. The van der Waals surface area contributed by atoms with Crippen molar-refractivity contribution >= 4 is 103 Å². The molecule has 19 heteroatoms. The lowest BCUT2D eigenvalue weighted by Crippen LogP contribution is -2.36. The molecule has 91 heavy (non-hydrogen) atoms. The highest BCUT2D eigenvalue weighted by Crippen LogP contribution is 2.37. The molecule has 0 spiro atoms. The predicted molar refractivity (Wildman–Crippen MR) is 360 cm³/mol. The normalized spacial score (nSPS) is 16.2. The van der Waals surface area contributed by atoms with Gasteiger partial charge in [0, 0.05) is 86.3 Å². The molecule has 12 nitrogen and oxygen atoms in total. The number of nitrogens with zero attached hydrogens (tertiary/aromatic N) is 5. The monoisotopic (exact) mass is 1340 g/mol. The lowest BCUT2D eigenvalue weighted by atomic mass is 9.98. The van der Waals surface area contributed by atoms with Crippen LogP contribution in [0.4, 0.5) is 30.2 Å². The van der Waals surface area contributed by atoms with Crippen LogP contribution >= 0.6 is 50.7 Å². The Morgan fingerprint density at radius 3 is 1.38 bits per heavy atom. The molecular formula is C72H59BrCl3F3N6O6. The molecule has 0 radical (unpaired) electrons. The largest absolute Gasteiger partial charge is 0.508 e. The highest BCUT2D eigenvalue weighted by molar-refractivity contribution is 9.10. The number of rotatable bonds is 10. The average molecular weight is 1350 g/mol. The maximum atomic E-state index is 13.5. The second-order valence-electron chi connectivity index (χ2n) is 22.2. The smallest absolute Gasteiger partial charge is 0.416 e. The van der Waals surface area contributed by atoms with Gasteiger partial charge in [-0.15, -0.1) is 0 Å². The van der Waals surface area contributed by atoms with Gasteiger partial charge in [-0.3, -0.25) is 29.4 Å². The number of nitrogens with one attached hydrogen (secondary N) is 1. The van der Waals surface area contributed by atoms with E-state index in [1.165, 1.54) is 40.8 Å². The Labute approximate surface area is 547 Å². The Morgan fingerprint density at radius 2 is 0.912 bits per heavy atom. The van der Waals surface area contributed by atoms with Crippen molar-refractivity contribution < 1.29 is 42.9 Å². The van der Waals surface area contributed by atoms with E-state index < -0.39 is 35.8 Å². The standard InChI is InChI=1S/C26H25ClN2O2.C24H18ClF3N2O2.C22H16BrClN2O2/c1-16(2)18-6-4-17(5-7-18)14-23-26(31)29(3)24-13-10-20(27)15-22(24)25(28-23)19-8-11-21(30)12-9-19;1-30-21-11-8-16(25)13-18(21)22(14-6-9-17(31)10-7-14)29-20(23(30)32)12-15-4-2-3-5-19(15)24(26,27)28;23-18-4-2-1-3-14(18)11-20-22(28)26-19-10-7-15(24)12-17(19)21(25-20)13-5-8-16(27)9-6-13/h4-13,15-16,23,30H,14H2,1-3H3;2-11,13,20,31H,12H2,1H3;1-10,12,20,27H,11H2,(H,26,28). The summed E-state index contributed by atoms with van der Waals surface area (Å²) < 4.78 is 41.5. The topological polar surface area (TPSA) is 167 Å². The lowest BCUT2D eigenvalue weighted by Gasteiger charge is -2.21. The molecule has 3 atom stereocenters. The molecule has 9 aromatic carbocycles. The Kier molecular flexibility index (Phi) is 20.0. The zero-order valence-electron chi connectivity index (χ0n) is 49.4. The van der Waals surface area contributed by atoms with Gasteiger partial charge in [-0.25, -0.2) is 0 Å². The molecule has 3 unspecified atom stereocenters. The maximum Gasteiger partial charge on any atom is 0.416 e. The summed E-state index contributed by atoms with van der Waals surface area (Å²) in [6.45, 7) is 4.32. The highest BCUT2D eigenvalue weighted by atomic mass is 79.9. The van der Waals surface area contributed by atoms with Gasteiger partial charge in [0.05, 0.1) is 39.8 Å². The number of benzodiazepines with no additional fused rings is 3. The molecule has 0 aliphatic carbocycles. The van der Waals surface area contributed by atoms with Gasteiger partial charge >= 0.3 is 6.18 Å². The lowest BCUT2D eigenvalue weighted by molar-refractivity contribution is -0.138. The molecule has 462 valence electrons. The van der Waals surface area contributed by atoms with Gasteiger partial charge in [-0.1, -0.05) is 125 Å². The summed E-state index contributed by atoms with van der Waals surface area (Å²) in [6.07, 6.45) is -3.81. The fourth-order valence-corrected chi connectivity index (χ4v) is 11.8. The van der Waals surface area contributed by atoms with Crippen molar-refractivity contribution in [2.75, 3.05) is 29.2 Å². The van der Waals surface area contributed by atoms with E-state index >= 15 is 0 Å². The second-order valence-corrected chi connectivity index (χ2v) is 24.3. The molecule has 0 fully saturated rings. The molecule has 3 heterocycles. The summed E-state index contributed by atoms with van der Waals surface area (Å²) >= 11 is 22.3. The van der Waals surface area contributed by atoms with Crippen LogP contribution in [0.25, 0.3) is 0 Å². The van der Waals surface area contributed by atoms with Crippen LogP contribution in [-0.2, 0) is 39.8 Å². The third-order valence-corrected chi connectivity index (χ3v) is 17.1. The number of halogens is 7. The Bertz CT molecular complexity index is 4300. The van der Waals surface area contributed by atoms with E-state index in [1.54, 1.807) is 110 Å². The fraction of sp³-hybridized carbons (Fsp3) is 0.167. The number of phenolic OH excluding ortho intramolecular Hbond substituents is 3. The van der Waals surface area contributed by atoms with Gasteiger partial charge in [-0.05, 0) is 168 Å². The molecule has 9 aromatic rings. The average Bonchev–Trinajstić information content (AvgIpc) is 1.78. The highest BCUT2D eigenvalue weighted by Gasteiger charge is 2.37. The maximum absolute atomic E-state index is 13.5. The van der Waals surface area contributed by atoms with E-state index in [4.69, 9.17) is 44.8 Å². The van der Waals surface area contributed by atoms with Gasteiger partial charge in [0.2, 0.25) is 5.91 Å². The zero-order chi connectivity index (χ0) is 64.8. The number of alkyl halides is 3. The first-order valence-corrected chi connectivity index (χ1v) is 30.8.